The molecule has 0 amide bonds. The van der Waals surface area contributed by atoms with Crippen LogP contribution in [0.5, 0.6) is 0 Å². The highest BCUT2D eigenvalue weighted by Crippen LogP contribution is 2.19. The van der Waals surface area contributed by atoms with Gasteiger partial charge in [-0.2, -0.15) is 0 Å². The summed E-state index contributed by atoms with van der Waals surface area (Å²) in [5.41, 5.74) is 3.09. The minimum atomic E-state index is 0.231. The molecule has 17 heavy (non-hydrogen) atoms. The summed E-state index contributed by atoms with van der Waals surface area (Å²) in [5, 5.41) is 3.60. The van der Waals surface area contributed by atoms with Crippen LogP contribution in [0.3, 0.4) is 0 Å². The summed E-state index contributed by atoms with van der Waals surface area (Å²) < 4.78 is 0. The largest absolute Gasteiger partial charge is 0.309 e. The van der Waals surface area contributed by atoms with Crippen LogP contribution in [0.15, 0.2) is 24.3 Å². The lowest BCUT2D eigenvalue weighted by Crippen LogP contribution is -2.60. The van der Waals surface area contributed by atoms with Gasteiger partial charge in [0.25, 0.3) is 0 Å². The van der Waals surface area contributed by atoms with Gasteiger partial charge in [-0.1, -0.05) is 24.3 Å². The van der Waals surface area contributed by atoms with Crippen LogP contribution in [0.25, 0.3) is 0 Å². The normalized spacial score (nSPS) is 24.8. The molecule has 1 aliphatic rings. The summed E-state index contributed by atoms with van der Waals surface area (Å²) in [4.78, 5) is 2.58. The summed E-state index contributed by atoms with van der Waals surface area (Å²) in [7, 11) is 0. The van der Waals surface area contributed by atoms with Crippen LogP contribution in [0.4, 0.5) is 0 Å². The zero-order valence-corrected chi connectivity index (χ0v) is 11.5. The van der Waals surface area contributed by atoms with E-state index in [0.717, 1.165) is 19.6 Å². The van der Waals surface area contributed by atoms with Crippen LogP contribution >= 0.6 is 0 Å². The van der Waals surface area contributed by atoms with Crippen molar-refractivity contribution in [1.29, 1.82) is 0 Å². The second-order valence-electron chi connectivity index (χ2n) is 5.95. The number of rotatable bonds is 2. The Kier molecular flexibility index (Phi) is 3.55. The summed E-state index contributed by atoms with van der Waals surface area (Å²) >= 11 is 0. The SMILES string of the molecule is Cc1ccccc1CN1CC(C)(C)NCC1C. The molecule has 1 aliphatic heterocycles. The van der Waals surface area contributed by atoms with Crippen molar-refractivity contribution in [2.45, 2.75) is 45.8 Å². The van der Waals surface area contributed by atoms with Gasteiger partial charge in [0, 0.05) is 31.2 Å². The Morgan fingerprint density at radius 1 is 1.35 bits per heavy atom. The molecule has 1 fully saturated rings. The molecule has 2 nitrogen and oxygen atoms in total. The molecule has 0 spiro atoms. The van der Waals surface area contributed by atoms with E-state index in [4.69, 9.17) is 0 Å². The first-order valence-electron chi connectivity index (χ1n) is 6.51. The van der Waals surface area contributed by atoms with Crippen molar-refractivity contribution in [1.82, 2.24) is 10.2 Å². The Morgan fingerprint density at radius 3 is 2.76 bits per heavy atom. The third-order valence-electron chi connectivity index (χ3n) is 3.73. The van der Waals surface area contributed by atoms with Crippen molar-refractivity contribution in [2.75, 3.05) is 13.1 Å². The molecule has 1 atom stereocenters. The molecule has 1 N–H and O–H groups in total. The highest BCUT2D eigenvalue weighted by atomic mass is 15.2. The van der Waals surface area contributed by atoms with Crippen LogP contribution in [0, 0.1) is 6.92 Å². The Morgan fingerprint density at radius 2 is 2.06 bits per heavy atom. The molecule has 2 rings (SSSR count). The van der Waals surface area contributed by atoms with Gasteiger partial charge < -0.3 is 5.32 Å². The first-order valence-corrected chi connectivity index (χ1v) is 6.51. The average molecular weight is 232 g/mol. The topological polar surface area (TPSA) is 15.3 Å². The fraction of sp³-hybridized carbons (Fsp3) is 0.600. The second-order valence-corrected chi connectivity index (χ2v) is 5.95. The smallest absolute Gasteiger partial charge is 0.0253 e. The van der Waals surface area contributed by atoms with Gasteiger partial charge in [-0.3, -0.25) is 4.90 Å². The Balaban J connectivity index is 2.10. The number of benzene rings is 1. The summed E-state index contributed by atoms with van der Waals surface area (Å²) in [6.07, 6.45) is 0. The molecule has 1 aromatic carbocycles. The van der Waals surface area contributed by atoms with Crippen molar-refractivity contribution < 1.29 is 0 Å². The first-order chi connectivity index (χ1) is 7.98. The zero-order valence-electron chi connectivity index (χ0n) is 11.5. The van der Waals surface area contributed by atoms with Gasteiger partial charge in [0.15, 0.2) is 0 Å². The van der Waals surface area contributed by atoms with Crippen LogP contribution < -0.4 is 5.32 Å². The summed E-state index contributed by atoms with van der Waals surface area (Å²) in [5.74, 6) is 0. The van der Waals surface area contributed by atoms with Gasteiger partial charge in [0.1, 0.15) is 0 Å². The standard InChI is InChI=1S/C15H24N2/c1-12-7-5-6-8-14(12)10-17-11-15(3,4)16-9-13(17)2/h5-8,13,16H,9-11H2,1-4H3. The van der Waals surface area contributed by atoms with E-state index in [-0.39, 0.29) is 5.54 Å². The van der Waals surface area contributed by atoms with E-state index in [1.54, 1.807) is 0 Å². The number of nitrogens with one attached hydrogen (secondary N) is 1. The number of piperazine rings is 1. The van der Waals surface area contributed by atoms with Crippen molar-refractivity contribution >= 4 is 0 Å². The maximum Gasteiger partial charge on any atom is 0.0253 e. The predicted octanol–water partition coefficient (Wildman–Crippen LogP) is 2.57. The van der Waals surface area contributed by atoms with Crippen LogP contribution in [-0.4, -0.2) is 29.6 Å². The number of aryl methyl sites for hydroxylation is 1. The molecule has 0 aliphatic carbocycles. The molecule has 2 heteroatoms. The van der Waals surface area contributed by atoms with E-state index in [9.17, 15) is 0 Å². The van der Waals surface area contributed by atoms with E-state index in [2.05, 4.69) is 62.2 Å². The fourth-order valence-corrected chi connectivity index (χ4v) is 2.49. The maximum absolute atomic E-state index is 3.60. The predicted molar refractivity (Wildman–Crippen MR) is 73.1 cm³/mol. The molecule has 0 bridgehead atoms. The van der Waals surface area contributed by atoms with Crippen LogP contribution in [0.2, 0.25) is 0 Å². The van der Waals surface area contributed by atoms with Crippen LogP contribution in [0.1, 0.15) is 31.9 Å². The van der Waals surface area contributed by atoms with Crippen molar-refractivity contribution in [3.05, 3.63) is 35.4 Å². The molecule has 0 aromatic heterocycles. The van der Waals surface area contributed by atoms with Gasteiger partial charge in [-0.25, -0.2) is 0 Å². The van der Waals surface area contributed by atoms with Crippen molar-refractivity contribution in [3.8, 4) is 0 Å². The molecular formula is C15H24N2. The second kappa shape index (κ2) is 4.79. The molecule has 1 saturated heterocycles. The molecule has 0 saturated carbocycles. The van der Waals surface area contributed by atoms with E-state index < -0.39 is 0 Å². The number of nitrogens with zero attached hydrogens (tertiary/aromatic N) is 1. The number of hydrogen-bond donors (Lipinski definition) is 1. The van der Waals surface area contributed by atoms with Gasteiger partial charge in [0.2, 0.25) is 0 Å². The molecule has 1 aromatic rings. The quantitative estimate of drug-likeness (QED) is 0.843. The molecule has 1 unspecified atom stereocenters. The van der Waals surface area contributed by atoms with Crippen molar-refractivity contribution in [3.63, 3.8) is 0 Å². The van der Waals surface area contributed by atoms with E-state index in [0.29, 0.717) is 6.04 Å². The molecule has 1 heterocycles. The van der Waals surface area contributed by atoms with Gasteiger partial charge in [-0.05, 0) is 38.8 Å². The Labute approximate surface area is 105 Å². The van der Waals surface area contributed by atoms with E-state index in [1.165, 1.54) is 11.1 Å². The highest BCUT2D eigenvalue weighted by Gasteiger charge is 2.30. The third-order valence-corrected chi connectivity index (χ3v) is 3.73. The lowest BCUT2D eigenvalue weighted by Gasteiger charge is -2.43. The van der Waals surface area contributed by atoms with Crippen molar-refractivity contribution in [2.24, 2.45) is 0 Å². The Bertz CT molecular complexity index is 384. The van der Waals surface area contributed by atoms with Gasteiger partial charge in [0.05, 0.1) is 0 Å². The zero-order chi connectivity index (χ0) is 12.5. The maximum atomic E-state index is 3.60. The summed E-state index contributed by atoms with van der Waals surface area (Å²) in [6, 6.07) is 9.32. The Hall–Kier alpha value is -0.860. The lowest BCUT2D eigenvalue weighted by molar-refractivity contribution is 0.0976. The molecule has 0 radical (unpaired) electrons. The molecular weight excluding hydrogens is 208 g/mol. The van der Waals surface area contributed by atoms with E-state index in [1.807, 2.05) is 0 Å². The van der Waals surface area contributed by atoms with E-state index >= 15 is 0 Å². The van der Waals surface area contributed by atoms with Crippen LogP contribution in [-0.2, 0) is 6.54 Å². The summed E-state index contributed by atoms with van der Waals surface area (Å²) in [6.45, 7) is 12.3. The monoisotopic (exact) mass is 232 g/mol. The van der Waals surface area contributed by atoms with Gasteiger partial charge >= 0.3 is 0 Å². The minimum Gasteiger partial charge on any atom is -0.309 e. The molecule has 94 valence electrons. The first kappa shape index (κ1) is 12.6. The highest BCUT2D eigenvalue weighted by molar-refractivity contribution is 5.25. The third kappa shape index (κ3) is 3.08. The minimum absolute atomic E-state index is 0.231. The lowest BCUT2D eigenvalue weighted by atomic mass is 9.98. The average Bonchev–Trinajstić information content (AvgIpc) is 2.26. The fourth-order valence-electron chi connectivity index (χ4n) is 2.49. The number of hydrogen-bond acceptors (Lipinski definition) is 2. The van der Waals surface area contributed by atoms with Gasteiger partial charge in [-0.15, -0.1) is 0 Å².